The Morgan fingerprint density at radius 1 is 1.08 bits per heavy atom. The van der Waals surface area contributed by atoms with Gasteiger partial charge in [0.25, 0.3) is 5.78 Å². The highest BCUT2D eigenvalue weighted by Crippen LogP contribution is 2.45. The van der Waals surface area contributed by atoms with Gasteiger partial charge in [0.15, 0.2) is 5.13 Å². The van der Waals surface area contributed by atoms with Crippen LogP contribution < -0.4 is 14.4 Å². The molecule has 1 saturated heterocycles. The number of hydrogen-bond donors (Lipinski definition) is 2. The van der Waals surface area contributed by atoms with Crippen LogP contribution in [0, 0.1) is 0 Å². The van der Waals surface area contributed by atoms with E-state index in [1.807, 2.05) is 6.92 Å². The zero-order valence-electron chi connectivity index (χ0n) is 19.8. The molecule has 0 bridgehead atoms. The number of aliphatic hydroxyl groups excluding tert-OH is 1. The summed E-state index contributed by atoms with van der Waals surface area (Å²) in [5.41, 5.74) is 1.12. The average Bonchev–Trinajstić information content (AvgIpc) is 3.43. The quantitative estimate of drug-likeness (QED) is 0.185. The van der Waals surface area contributed by atoms with Crippen molar-refractivity contribution in [3.8, 4) is 17.2 Å². The smallest absolute Gasteiger partial charge is 0.301 e. The first-order chi connectivity index (χ1) is 17.8. The first kappa shape index (κ1) is 24.6. The molecule has 0 radical (unpaired) electrons. The highest BCUT2D eigenvalue weighted by molar-refractivity contribution is 7.22. The molecule has 2 N–H and O–H groups in total. The summed E-state index contributed by atoms with van der Waals surface area (Å²) in [7, 11) is 1.55. The van der Waals surface area contributed by atoms with E-state index in [4.69, 9.17) is 21.1 Å². The first-order valence-corrected chi connectivity index (χ1v) is 12.5. The number of phenols is 1. The molecule has 8 nitrogen and oxygen atoms in total. The highest BCUT2D eigenvalue weighted by Gasteiger charge is 2.48. The number of methoxy groups -OCH3 is 1. The van der Waals surface area contributed by atoms with Gasteiger partial charge in [-0.05, 0) is 61.0 Å². The van der Waals surface area contributed by atoms with Gasteiger partial charge in [0, 0.05) is 5.56 Å². The number of aromatic hydroxyl groups is 1. The molecule has 2 heterocycles. The summed E-state index contributed by atoms with van der Waals surface area (Å²) in [6.45, 7) is 2.21. The Morgan fingerprint density at radius 3 is 2.51 bits per heavy atom. The second-order valence-corrected chi connectivity index (χ2v) is 9.58. The molecule has 1 aromatic heterocycles. The van der Waals surface area contributed by atoms with Crippen molar-refractivity contribution in [2.45, 2.75) is 13.0 Å². The number of hydrogen-bond acceptors (Lipinski definition) is 8. The van der Waals surface area contributed by atoms with Gasteiger partial charge in [-0.25, -0.2) is 4.98 Å². The van der Waals surface area contributed by atoms with E-state index in [0.717, 1.165) is 4.70 Å². The lowest BCUT2D eigenvalue weighted by atomic mass is 9.95. The number of nitrogens with zero attached hydrogens (tertiary/aromatic N) is 2. The number of ether oxygens (including phenoxy) is 2. The van der Waals surface area contributed by atoms with Crippen molar-refractivity contribution in [2.24, 2.45) is 0 Å². The van der Waals surface area contributed by atoms with Crippen molar-refractivity contribution in [1.82, 2.24) is 4.98 Å². The zero-order valence-corrected chi connectivity index (χ0v) is 21.3. The molecule has 37 heavy (non-hydrogen) atoms. The molecule has 3 aromatic carbocycles. The van der Waals surface area contributed by atoms with Crippen LogP contribution in [0.1, 0.15) is 24.1 Å². The SMILES string of the molecule is CCOc1ccc(Cl)c(/C(O)=C2\C(=O)C(=O)N(c3nc4ccc(OC)cc4s3)C2c2ccc(O)cc2)c1. The molecular formula is C27H21ClN2O6S. The van der Waals surface area contributed by atoms with E-state index in [9.17, 15) is 19.8 Å². The summed E-state index contributed by atoms with van der Waals surface area (Å²) in [6.07, 6.45) is 0. The molecule has 1 fully saturated rings. The number of benzene rings is 3. The van der Waals surface area contributed by atoms with Crippen LogP contribution >= 0.6 is 22.9 Å². The van der Waals surface area contributed by atoms with Crippen LogP contribution in [0.4, 0.5) is 5.13 Å². The molecule has 5 rings (SSSR count). The van der Waals surface area contributed by atoms with Crippen LogP contribution in [-0.2, 0) is 9.59 Å². The number of halogens is 1. The minimum Gasteiger partial charge on any atom is -0.508 e. The number of Topliss-reactive ketones (excluding diaryl/α,β-unsaturated/α-hetero) is 1. The molecule has 1 amide bonds. The maximum absolute atomic E-state index is 13.4. The molecule has 0 aliphatic carbocycles. The fourth-order valence-corrected chi connectivity index (χ4v) is 5.44. The Balaban J connectivity index is 1.72. The monoisotopic (exact) mass is 536 g/mol. The van der Waals surface area contributed by atoms with E-state index in [1.165, 1.54) is 34.4 Å². The topological polar surface area (TPSA) is 109 Å². The van der Waals surface area contributed by atoms with Gasteiger partial charge in [-0.1, -0.05) is 35.1 Å². The lowest BCUT2D eigenvalue weighted by Crippen LogP contribution is -2.29. The molecule has 1 atom stereocenters. The summed E-state index contributed by atoms with van der Waals surface area (Å²) >= 11 is 7.60. The fraction of sp³-hybridized carbons (Fsp3) is 0.148. The van der Waals surface area contributed by atoms with E-state index in [2.05, 4.69) is 4.98 Å². The van der Waals surface area contributed by atoms with Gasteiger partial charge in [-0.2, -0.15) is 0 Å². The van der Waals surface area contributed by atoms with Crippen molar-refractivity contribution < 1.29 is 29.3 Å². The summed E-state index contributed by atoms with van der Waals surface area (Å²) in [6, 6.07) is 15.1. The van der Waals surface area contributed by atoms with Gasteiger partial charge >= 0.3 is 5.91 Å². The van der Waals surface area contributed by atoms with Gasteiger partial charge < -0.3 is 19.7 Å². The summed E-state index contributed by atoms with van der Waals surface area (Å²) < 4.78 is 11.6. The Kier molecular flexibility index (Phi) is 6.49. The van der Waals surface area contributed by atoms with Crippen molar-refractivity contribution >= 4 is 55.7 Å². The van der Waals surface area contributed by atoms with Crippen LogP contribution in [0.25, 0.3) is 16.0 Å². The van der Waals surface area contributed by atoms with E-state index in [0.29, 0.717) is 29.2 Å². The molecule has 0 saturated carbocycles. The number of carbonyl (C=O) groups is 2. The van der Waals surface area contributed by atoms with Gasteiger partial charge in [0.1, 0.15) is 23.0 Å². The maximum atomic E-state index is 13.4. The third kappa shape index (κ3) is 4.36. The van der Waals surface area contributed by atoms with Crippen molar-refractivity contribution in [2.75, 3.05) is 18.6 Å². The Labute approximate surface area is 221 Å². The lowest BCUT2D eigenvalue weighted by molar-refractivity contribution is -0.132. The van der Waals surface area contributed by atoms with E-state index in [1.54, 1.807) is 49.6 Å². The molecule has 1 aliphatic heterocycles. The molecular weight excluding hydrogens is 516 g/mol. The summed E-state index contributed by atoms with van der Waals surface area (Å²) in [4.78, 5) is 32.7. The number of carbonyl (C=O) groups excluding carboxylic acids is 2. The van der Waals surface area contributed by atoms with Gasteiger partial charge in [-0.3, -0.25) is 14.5 Å². The molecule has 1 unspecified atom stereocenters. The van der Waals surface area contributed by atoms with Crippen LogP contribution in [0.15, 0.2) is 66.2 Å². The average molecular weight is 537 g/mol. The third-order valence-electron chi connectivity index (χ3n) is 5.95. The minimum absolute atomic E-state index is 0.0141. The number of ketones is 1. The minimum atomic E-state index is -1.02. The number of phenolic OH excluding ortho intramolecular Hbond substituents is 1. The molecule has 188 valence electrons. The van der Waals surface area contributed by atoms with Gasteiger partial charge in [-0.15, -0.1) is 0 Å². The summed E-state index contributed by atoms with van der Waals surface area (Å²) in [5.74, 6) is -1.07. The maximum Gasteiger partial charge on any atom is 0.301 e. The number of aliphatic hydroxyl groups is 1. The van der Waals surface area contributed by atoms with Gasteiger partial charge in [0.2, 0.25) is 0 Å². The largest absolute Gasteiger partial charge is 0.508 e. The van der Waals surface area contributed by atoms with Gasteiger partial charge in [0.05, 0.1) is 40.6 Å². The first-order valence-electron chi connectivity index (χ1n) is 11.3. The number of amides is 1. The Morgan fingerprint density at radius 2 is 1.81 bits per heavy atom. The van der Waals surface area contributed by atoms with Crippen LogP contribution in [-0.4, -0.2) is 40.6 Å². The van der Waals surface area contributed by atoms with E-state index < -0.39 is 23.5 Å². The highest BCUT2D eigenvalue weighted by atomic mass is 35.5. The number of thiazole rings is 1. The van der Waals surface area contributed by atoms with Crippen molar-refractivity contribution in [3.63, 3.8) is 0 Å². The predicted octanol–water partition coefficient (Wildman–Crippen LogP) is 5.69. The standard InChI is InChI=1S/C27H21ClN2O6S/c1-3-36-17-8-10-19(28)18(12-17)24(32)22-23(14-4-6-15(31)7-5-14)30(26(34)25(22)33)27-29-20-11-9-16(35-2)13-21(20)37-27/h4-13,23,31-32H,3H2,1-2H3/b24-22+. The Bertz CT molecular complexity index is 1560. The normalized spacial score (nSPS) is 16.9. The number of aromatic nitrogens is 1. The second kappa shape index (κ2) is 9.76. The molecule has 0 spiro atoms. The number of anilines is 1. The second-order valence-electron chi connectivity index (χ2n) is 8.17. The van der Waals surface area contributed by atoms with Crippen LogP contribution in [0.5, 0.6) is 17.2 Å². The third-order valence-corrected chi connectivity index (χ3v) is 7.29. The molecule has 1 aliphatic rings. The van der Waals surface area contributed by atoms with Crippen LogP contribution in [0.3, 0.4) is 0 Å². The Hall–Kier alpha value is -4.08. The number of fused-ring (bicyclic) bond motifs is 1. The summed E-state index contributed by atoms with van der Waals surface area (Å²) in [5, 5.41) is 21.7. The predicted molar refractivity (Wildman–Crippen MR) is 142 cm³/mol. The van der Waals surface area contributed by atoms with E-state index >= 15 is 0 Å². The molecule has 4 aromatic rings. The molecule has 10 heteroatoms. The zero-order chi connectivity index (χ0) is 26.3. The lowest BCUT2D eigenvalue weighted by Gasteiger charge is -2.23. The van der Waals surface area contributed by atoms with Crippen molar-refractivity contribution in [1.29, 1.82) is 0 Å². The number of rotatable bonds is 6. The van der Waals surface area contributed by atoms with Crippen LogP contribution in [0.2, 0.25) is 5.02 Å². The van der Waals surface area contributed by atoms with Crippen molar-refractivity contribution in [3.05, 3.63) is 82.4 Å². The fourth-order valence-electron chi connectivity index (χ4n) is 4.21. The van der Waals surface area contributed by atoms with E-state index in [-0.39, 0.29) is 27.0 Å².